The summed E-state index contributed by atoms with van der Waals surface area (Å²) in [7, 11) is 0. The molecule has 0 spiro atoms. The van der Waals surface area contributed by atoms with Crippen LogP contribution in [0, 0.1) is 0 Å². The van der Waals surface area contributed by atoms with Gasteiger partial charge in [-0.25, -0.2) is 14.5 Å². The van der Waals surface area contributed by atoms with Gasteiger partial charge in [0.05, 0.1) is 0 Å². The number of nitrogens with zero attached hydrogens (tertiary/aromatic N) is 3. The minimum Gasteiger partial charge on any atom is -0.479 e. The van der Waals surface area contributed by atoms with Crippen LogP contribution in [0.2, 0.25) is 0 Å². The minimum atomic E-state index is -5.11. The highest BCUT2D eigenvalue weighted by atomic mass is 19.4. The van der Waals surface area contributed by atoms with Gasteiger partial charge in [-0.1, -0.05) is 0 Å². The maximum Gasteiger partial charge on any atom is 0.422 e. The third kappa shape index (κ3) is 2.76. The molecule has 0 saturated carbocycles. The zero-order valence-electron chi connectivity index (χ0n) is 9.10. The van der Waals surface area contributed by atoms with Crippen LogP contribution in [0.25, 0.3) is 0 Å². The van der Waals surface area contributed by atoms with Gasteiger partial charge in [0, 0.05) is 0 Å². The molecule has 0 aliphatic rings. The van der Waals surface area contributed by atoms with Crippen molar-refractivity contribution in [2.75, 3.05) is 0 Å². The van der Waals surface area contributed by atoms with Crippen LogP contribution in [-0.4, -0.2) is 43.5 Å². The first-order valence-corrected chi connectivity index (χ1v) is 4.60. The first-order chi connectivity index (χ1) is 8.17. The lowest BCUT2D eigenvalue weighted by Crippen LogP contribution is -2.62. The number of amides is 1. The van der Waals surface area contributed by atoms with E-state index in [0.29, 0.717) is 6.92 Å². The molecular formula is C8H9F3N4O3. The summed E-state index contributed by atoms with van der Waals surface area (Å²) in [4.78, 5) is 25.4. The molecule has 1 atom stereocenters. The average Bonchev–Trinajstić information content (AvgIpc) is 2.67. The van der Waals surface area contributed by atoms with E-state index in [0.717, 1.165) is 17.3 Å². The summed E-state index contributed by atoms with van der Waals surface area (Å²) in [5, 5.41) is 13.5. The maximum absolute atomic E-state index is 12.6. The van der Waals surface area contributed by atoms with Crippen LogP contribution in [0.5, 0.6) is 0 Å². The molecule has 0 aromatic carbocycles. The van der Waals surface area contributed by atoms with Gasteiger partial charge in [-0.15, -0.1) is 0 Å². The third-order valence-corrected chi connectivity index (χ3v) is 2.16. The summed E-state index contributed by atoms with van der Waals surface area (Å²) < 4.78 is 38.7. The van der Waals surface area contributed by atoms with Gasteiger partial charge in [-0.2, -0.15) is 18.3 Å². The highest BCUT2D eigenvalue weighted by Gasteiger charge is 2.58. The van der Waals surface area contributed by atoms with Crippen molar-refractivity contribution >= 4 is 11.9 Å². The molecule has 0 radical (unpaired) electrons. The number of halogens is 3. The Morgan fingerprint density at radius 1 is 1.44 bits per heavy atom. The molecule has 1 heterocycles. The van der Waals surface area contributed by atoms with Crippen LogP contribution < -0.4 is 5.32 Å². The van der Waals surface area contributed by atoms with Crippen LogP contribution in [0.4, 0.5) is 13.2 Å². The fourth-order valence-electron chi connectivity index (χ4n) is 1.03. The molecule has 0 fully saturated rings. The highest BCUT2D eigenvalue weighted by Crippen LogP contribution is 2.30. The van der Waals surface area contributed by atoms with E-state index in [9.17, 15) is 22.8 Å². The molecule has 2 N–H and O–H groups in total. The third-order valence-electron chi connectivity index (χ3n) is 2.16. The van der Waals surface area contributed by atoms with Crippen molar-refractivity contribution in [3.05, 3.63) is 12.7 Å². The van der Waals surface area contributed by atoms with E-state index in [-0.39, 0.29) is 0 Å². The molecule has 1 amide bonds. The number of carboxylic acids is 1. The smallest absolute Gasteiger partial charge is 0.422 e. The van der Waals surface area contributed by atoms with Crippen molar-refractivity contribution < 1.29 is 27.9 Å². The summed E-state index contributed by atoms with van der Waals surface area (Å²) in [6.45, 7) is -0.187. The number of nitrogens with one attached hydrogen (secondary N) is 1. The number of alkyl halides is 3. The molecule has 0 bridgehead atoms. The van der Waals surface area contributed by atoms with Crippen LogP contribution in [0.15, 0.2) is 12.7 Å². The topological polar surface area (TPSA) is 97.1 Å². The van der Waals surface area contributed by atoms with E-state index in [2.05, 4.69) is 10.1 Å². The number of hydrogen-bond acceptors (Lipinski definition) is 4. The van der Waals surface area contributed by atoms with Crippen LogP contribution in [0.3, 0.4) is 0 Å². The predicted molar refractivity (Wildman–Crippen MR) is 50.3 cm³/mol. The van der Waals surface area contributed by atoms with Gasteiger partial charge in [0.15, 0.2) is 0 Å². The number of carbonyl (C=O) groups excluding carboxylic acids is 1. The molecule has 18 heavy (non-hydrogen) atoms. The van der Waals surface area contributed by atoms with Crippen LogP contribution in [0.1, 0.15) is 6.92 Å². The molecule has 100 valence electrons. The van der Waals surface area contributed by atoms with Crippen molar-refractivity contribution in [2.24, 2.45) is 0 Å². The Bertz CT molecular complexity index is 445. The van der Waals surface area contributed by atoms with Crippen molar-refractivity contribution in [3.63, 3.8) is 0 Å². The first kappa shape index (κ1) is 13.9. The van der Waals surface area contributed by atoms with Gasteiger partial charge in [-0.3, -0.25) is 4.79 Å². The Labute approximate surface area is 98.6 Å². The second-order valence-corrected chi connectivity index (χ2v) is 3.57. The molecule has 0 aliphatic heterocycles. The first-order valence-electron chi connectivity index (χ1n) is 4.60. The summed E-state index contributed by atoms with van der Waals surface area (Å²) in [6.07, 6.45) is -2.91. The normalized spacial score (nSPS) is 14.9. The number of aliphatic carboxylic acids is 1. The summed E-state index contributed by atoms with van der Waals surface area (Å²) in [6, 6.07) is 0. The average molecular weight is 266 g/mol. The molecular weight excluding hydrogens is 257 g/mol. The molecule has 1 rings (SSSR count). The molecule has 1 aromatic rings. The second kappa shape index (κ2) is 4.63. The highest BCUT2D eigenvalue weighted by molar-refractivity contribution is 5.87. The molecule has 1 unspecified atom stereocenters. The van der Waals surface area contributed by atoms with E-state index in [4.69, 9.17) is 5.11 Å². The largest absolute Gasteiger partial charge is 0.479 e. The van der Waals surface area contributed by atoms with Gasteiger partial charge in [0.1, 0.15) is 19.2 Å². The SMILES string of the molecule is CC(NC(=O)Cn1cncn1)(C(=O)O)C(F)(F)F. The zero-order chi connectivity index (χ0) is 14.0. The van der Waals surface area contributed by atoms with Crippen molar-refractivity contribution in [3.8, 4) is 0 Å². The van der Waals surface area contributed by atoms with Crippen molar-refractivity contribution in [2.45, 2.75) is 25.2 Å². The summed E-state index contributed by atoms with van der Waals surface area (Å²) in [5.74, 6) is -3.33. The molecule has 0 aliphatic carbocycles. The van der Waals surface area contributed by atoms with E-state index in [1.807, 2.05) is 0 Å². The standard InChI is InChI=1S/C8H9F3N4O3/c1-7(6(17)18,8(9,10)11)14-5(16)2-15-4-12-3-13-15/h3-4H,2H2,1H3,(H,14,16)(H,17,18). The monoisotopic (exact) mass is 266 g/mol. The van der Waals surface area contributed by atoms with Gasteiger partial charge in [0.2, 0.25) is 11.4 Å². The lowest BCUT2D eigenvalue weighted by Gasteiger charge is -2.28. The fraction of sp³-hybridized carbons (Fsp3) is 0.500. The number of carbonyl (C=O) groups is 2. The summed E-state index contributed by atoms with van der Waals surface area (Å²) >= 11 is 0. The van der Waals surface area contributed by atoms with Crippen LogP contribution >= 0.6 is 0 Å². The van der Waals surface area contributed by atoms with Gasteiger partial charge in [-0.05, 0) is 6.92 Å². The molecule has 1 aromatic heterocycles. The lowest BCUT2D eigenvalue weighted by atomic mass is 10.0. The maximum atomic E-state index is 12.6. The Kier molecular flexibility index (Phi) is 3.58. The summed E-state index contributed by atoms with van der Waals surface area (Å²) in [5.41, 5.74) is -3.34. The number of hydrogen-bond donors (Lipinski definition) is 2. The Morgan fingerprint density at radius 3 is 2.44 bits per heavy atom. The molecule has 0 saturated heterocycles. The molecule has 7 nitrogen and oxygen atoms in total. The fourth-order valence-corrected chi connectivity index (χ4v) is 1.03. The minimum absolute atomic E-state index is 0.370. The molecule has 10 heteroatoms. The van der Waals surface area contributed by atoms with Gasteiger partial charge in [0.25, 0.3) is 0 Å². The van der Waals surface area contributed by atoms with Gasteiger partial charge < -0.3 is 10.4 Å². The van der Waals surface area contributed by atoms with E-state index in [1.165, 1.54) is 5.32 Å². The van der Waals surface area contributed by atoms with E-state index >= 15 is 0 Å². The van der Waals surface area contributed by atoms with Crippen molar-refractivity contribution in [1.29, 1.82) is 0 Å². The Morgan fingerprint density at radius 2 is 2.06 bits per heavy atom. The van der Waals surface area contributed by atoms with E-state index in [1.54, 1.807) is 0 Å². The van der Waals surface area contributed by atoms with Crippen LogP contribution in [-0.2, 0) is 16.1 Å². The Hall–Kier alpha value is -2.13. The number of aromatic nitrogens is 3. The van der Waals surface area contributed by atoms with E-state index < -0.39 is 30.1 Å². The number of carboxylic acid groups (broad SMARTS) is 1. The Balaban J connectivity index is 2.80. The van der Waals surface area contributed by atoms with Crippen molar-refractivity contribution in [1.82, 2.24) is 20.1 Å². The lowest BCUT2D eigenvalue weighted by molar-refractivity contribution is -0.207. The van der Waals surface area contributed by atoms with Gasteiger partial charge >= 0.3 is 12.1 Å². The number of rotatable bonds is 4. The quantitative estimate of drug-likeness (QED) is 0.786. The predicted octanol–water partition coefficient (Wildman–Crippen LogP) is -0.200. The second-order valence-electron chi connectivity index (χ2n) is 3.57. The zero-order valence-corrected chi connectivity index (χ0v) is 9.10.